The van der Waals surface area contributed by atoms with Gasteiger partial charge in [0.2, 0.25) is 5.91 Å². The number of halogens is 1. The molecule has 0 aliphatic carbocycles. The number of carbonyl (C=O) groups excluding carboxylic acids is 1. The van der Waals surface area contributed by atoms with Gasteiger partial charge in [-0.15, -0.1) is 0 Å². The molecule has 104 valence electrons. The van der Waals surface area contributed by atoms with E-state index < -0.39 is 0 Å². The van der Waals surface area contributed by atoms with Gasteiger partial charge in [0.05, 0.1) is 6.61 Å². The number of amides is 1. The van der Waals surface area contributed by atoms with Crippen LogP contribution in [0.15, 0.2) is 18.2 Å². The molecule has 0 aromatic heterocycles. The van der Waals surface area contributed by atoms with Crippen LogP contribution >= 0.6 is 11.6 Å². The van der Waals surface area contributed by atoms with Crippen molar-refractivity contribution in [2.45, 2.75) is 32.6 Å². The minimum atomic E-state index is 0.120. The van der Waals surface area contributed by atoms with E-state index in [0.29, 0.717) is 29.9 Å². The van der Waals surface area contributed by atoms with Gasteiger partial charge in [-0.1, -0.05) is 31.5 Å². The highest BCUT2D eigenvalue weighted by Crippen LogP contribution is 2.30. The molecule has 0 saturated carbocycles. The third kappa shape index (κ3) is 3.87. The van der Waals surface area contributed by atoms with Crippen LogP contribution in [0.3, 0.4) is 0 Å². The van der Waals surface area contributed by atoms with Crippen molar-refractivity contribution in [3.63, 3.8) is 0 Å². The molecule has 1 amide bonds. The summed E-state index contributed by atoms with van der Waals surface area (Å²) in [6.07, 6.45) is 1.53. The van der Waals surface area contributed by atoms with Gasteiger partial charge in [-0.25, -0.2) is 0 Å². The first-order chi connectivity index (χ1) is 9.06. The molecule has 1 N–H and O–H groups in total. The van der Waals surface area contributed by atoms with E-state index in [4.69, 9.17) is 16.3 Å². The number of nitrogens with one attached hydrogen (secondary N) is 1. The van der Waals surface area contributed by atoms with Crippen molar-refractivity contribution >= 4 is 17.5 Å². The number of ether oxygens (including phenoxy) is 1. The van der Waals surface area contributed by atoms with Crippen LogP contribution in [-0.4, -0.2) is 19.1 Å². The summed E-state index contributed by atoms with van der Waals surface area (Å²) in [5.74, 6) is 1.65. The van der Waals surface area contributed by atoms with Gasteiger partial charge in [0.1, 0.15) is 5.75 Å². The Morgan fingerprint density at radius 2 is 2.26 bits per heavy atom. The van der Waals surface area contributed by atoms with Crippen LogP contribution in [0.25, 0.3) is 0 Å². The van der Waals surface area contributed by atoms with Crippen LogP contribution in [0.1, 0.15) is 38.2 Å². The Morgan fingerprint density at radius 3 is 2.95 bits per heavy atom. The van der Waals surface area contributed by atoms with Gasteiger partial charge < -0.3 is 10.1 Å². The smallest absolute Gasteiger partial charge is 0.220 e. The average Bonchev–Trinajstić information content (AvgIpc) is 2.36. The quantitative estimate of drug-likeness (QED) is 0.919. The normalized spacial score (nSPS) is 19.4. The molecule has 1 aliphatic heterocycles. The molecular formula is C15H20ClNO2. The molecule has 1 unspecified atom stereocenters. The summed E-state index contributed by atoms with van der Waals surface area (Å²) in [5, 5.41) is 3.51. The van der Waals surface area contributed by atoms with Crippen molar-refractivity contribution in [2.75, 3.05) is 13.2 Å². The summed E-state index contributed by atoms with van der Waals surface area (Å²) < 4.78 is 5.90. The van der Waals surface area contributed by atoms with Crippen molar-refractivity contribution < 1.29 is 9.53 Å². The minimum Gasteiger partial charge on any atom is -0.493 e. The Bertz CT molecular complexity index is 459. The molecule has 1 aromatic rings. The first-order valence-corrected chi connectivity index (χ1v) is 7.13. The van der Waals surface area contributed by atoms with Crippen LogP contribution in [0, 0.1) is 5.92 Å². The van der Waals surface area contributed by atoms with Crippen molar-refractivity contribution in [3.8, 4) is 5.75 Å². The lowest BCUT2D eigenvalue weighted by molar-refractivity contribution is -0.123. The molecule has 1 heterocycles. The number of hydrogen-bond acceptors (Lipinski definition) is 2. The molecule has 1 fully saturated rings. The summed E-state index contributed by atoms with van der Waals surface area (Å²) in [4.78, 5) is 11.3. The van der Waals surface area contributed by atoms with Crippen LogP contribution in [-0.2, 0) is 4.79 Å². The molecular weight excluding hydrogens is 262 g/mol. The fourth-order valence-electron chi connectivity index (χ4n) is 2.31. The van der Waals surface area contributed by atoms with E-state index in [2.05, 4.69) is 19.2 Å². The molecule has 4 heteroatoms. The van der Waals surface area contributed by atoms with E-state index in [0.717, 1.165) is 24.3 Å². The standard InChI is InChI=1S/C15H20ClNO2/c1-10(2)13-4-3-12(16)8-14(13)19-9-11-5-6-17-15(18)7-11/h3-4,8,10-11H,5-7,9H2,1-2H3,(H,17,18). The van der Waals surface area contributed by atoms with E-state index >= 15 is 0 Å². The van der Waals surface area contributed by atoms with Crippen LogP contribution in [0.2, 0.25) is 5.02 Å². The van der Waals surface area contributed by atoms with E-state index in [1.807, 2.05) is 18.2 Å². The lowest BCUT2D eigenvalue weighted by Gasteiger charge is -2.23. The maximum absolute atomic E-state index is 11.3. The van der Waals surface area contributed by atoms with E-state index in [1.165, 1.54) is 0 Å². The fraction of sp³-hybridized carbons (Fsp3) is 0.533. The van der Waals surface area contributed by atoms with Crippen LogP contribution in [0.4, 0.5) is 0 Å². The maximum atomic E-state index is 11.3. The van der Waals surface area contributed by atoms with E-state index in [-0.39, 0.29) is 5.91 Å². The van der Waals surface area contributed by atoms with Crippen molar-refractivity contribution in [1.29, 1.82) is 0 Å². The predicted octanol–water partition coefficient (Wildman–Crippen LogP) is 3.37. The second kappa shape index (κ2) is 6.29. The number of carbonyl (C=O) groups is 1. The van der Waals surface area contributed by atoms with Gasteiger partial charge in [0.25, 0.3) is 0 Å². The van der Waals surface area contributed by atoms with Gasteiger partial charge >= 0.3 is 0 Å². The Hall–Kier alpha value is -1.22. The summed E-state index contributed by atoms with van der Waals surface area (Å²) in [7, 11) is 0. The molecule has 1 atom stereocenters. The molecule has 1 saturated heterocycles. The predicted molar refractivity (Wildman–Crippen MR) is 76.8 cm³/mol. The average molecular weight is 282 g/mol. The molecule has 0 spiro atoms. The third-order valence-electron chi connectivity index (χ3n) is 3.42. The SMILES string of the molecule is CC(C)c1ccc(Cl)cc1OCC1CCNC(=O)C1. The van der Waals surface area contributed by atoms with Gasteiger partial charge in [0, 0.05) is 23.9 Å². The lowest BCUT2D eigenvalue weighted by atomic mass is 9.98. The summed E-state index contributed by atoms with van der Waals surface area (Å²) >= 11 is 6.02. The topological polar surface area (TPSA) is 38.3 Å². The van der Waals surface area contributed by atoms with Crippen LogP contribution in [0.5, 0.6) is 5.75 Å². The number of hydrogen-bond donors (Lipinski definition) is 1. The Kier molecular flexibility index (Phi) is 4.70. The molecule has 3 nitrogen and oxygen atoms in total. The molecule has 2 rings (SSSR count). The van der Waals surface area contributed by atoms with Crippen molar-refractivity contribution in [2.24, 2.45) is 5.92 Å². The second-order valence-corrected chi connectivity index (χ2v) is 5.79. The van der Waals surface area contributed by atoms with Crippen LogP contribution < -0.4 is 10.1 Å². The first-order valence-electron chi connectivity index (χ1n) is 6.75. The monoisotopic (exact) mass is 281 g/mol. The molecule has 0 radical (unpaired) electrons. The highest BCUT2D eigenvalue weighted by molar-refractivity contribution is 6.30. The zero-order valence-electron chi connectivity index (χ0n) is 11.4. The van der Waals surface area contributed by atoms with Gasteiger partial charge in [-0.3, -0.25) is 4.79 Å². The van der Waals surface area contributed by atoms with Crippen molar-refractivity contribution in [1.82, 2.24) is 5.32 Å². The molecule has 0 bridgehead atoms. The highest BCUT2D eigenvalue weighted by Gasteiger charge is 2.20. The van der Waals surface area contributed by atoms with Gasteiger partial charge in [0.15, 0.2) is 0 Å². The highest BCUT2D eigenvalue weighted by atomic mass is 35.5. The summed E-state index contributed by atoms with van der Waals surface area (Å²) in [6.45, 7) is 5.58. The zero-order chi connectivity index (χ0) is 13.8. The van der Waals surface area contributed by atoms with Crippen molar-refractivity contribution in [3.05, 3.63) is 28.8 Å². The third-order valence-corrected chi connectivity index (χ3v) is 3.66. The van der Waals surface area contributed by atoms with E-state index in [9.17, 15) is 4.79 Å². The zero-order valence-corrected chi connectivity index (χ0v) is 12.2. The lowest BCUT2D eigenvalue weighted by Crippen LogP contribution is -2.35. The Balaban J connectivity index is 2.02. The minimum absolute atomic E-state index is 0.120. The summed E-state index contributed by atoms with van der Waals surface area (Å²) in [5.41, 5.74) is 1.16. The fourth-order valence-corrected chi connectivity index (χ4v) is 2.47. The summed E-state index contributed by atoms with van der Waals surface area (Å²) in [6, 6.07) is 5.76. The molecule has 19 heavy (non-hydrogen) atoms. The second-order valence-electron chi connectivity index (χ2n) is 5.36. The largest absolute Gasteiger partial charge is 0.493 e. The molecule has 1 aromatic carbocycles. The van der Waals surface area contributed by atoms with Gasteiger partial charge in [-0.2, -0.15) is 0 Å². The Morgan fingerprint density at radius 1 is 1.47 bits per heavy atom. The maximum Gasteiger partial charge on any atom is 0.220 e. The number of benzene rings is 1. The molecule has 1 aliphatic rings. The number of piperidine rings is 1. The first kappa shape index (κ1) is 14.2. The number of rotatable bonds is 4. The van der Waals surface area contributed by atoms with E-state index in [1.54, 1.807) is 0 Å². The Labute approximate surface area is 119 Å². The van der Waals surface area contributed by atoms with Gasteiger partial charge in [-0.05, 0) is 30.0 Å².